The van der Waals surface area contributed by atoms with E-state index in [0.717, 1.165) is 18.7 Å². The van der Waals surface area contributed by atoms with E-state index in [1.54, 1.807) is 29.2 Å². The van der Waals surface area contributed by atoms with Gasteiger partial charge in [0.15, 0.2) is 11.5 Å². The number of carbonyl (C=O) groups is 2. The number of amides is 2. The Bertz CT molecular complexity index is 1010. The van der Waals surface area contributed by atoms with Crippen molar-refractivity contribution in [3.8, 4) is 17.2 Å². The van der Waals surface area contributed by atoms with Crippen molar-refractivity contribution in [1.82, 2.24) is 14.7 Å². The van der Waals surface area contributed by atoms with Gasteiger partial charge in [0.1, 0.15) is 5.82 Å². The monoisotopic (exact) mass is 501 g/mol. The van der Waals surface area contributed by atoms with Gasteiger partial charge in [-0.15, -0.1) is 0 Å². The molecule has 0 bridgehead atoms. The van der Waals surface area contributed by atoms with E-state index in [4.69, 9.17) is 14.2 Å². The third-order valence-electron chi connectivity index (χ3n) is 6.35. The second-order valence-electron chi connectivity index (χ2n) is 9.09. The first kappa shape index (κ1) is 27.3. The molecule has 0 unspecified atom stereocenters. The van der Waals surface area contributed by atoms with Crippen LogP contribution in [-0.2, 0) is 11.3 Å². The van der Waals surface area contributed by atoms with E-state index < -0.39 is 0 Å². The average Bonchev–Trinajstić information content (AvgIpc) is 2.90. The molecule has 1 aliphatic heterocycles. The second-order valence-corrected chi connectivity index (χ2v) is 9.09. The quantitative estimate of drug-likeness (QED) is 0.498. The Hall–Kier alpha value is -3.33. The van der Waals surface area contributed by atoms with Gasteiger partial charge in [-0.05, 0) is 29.8 Å². The van der Waals surface area contributed by atoms with Crippen molar-refractivity contribution in [2.75, 3.05) is 60.6 Å². The van der Waals surface area contributed by atoms with E-state index in [1.165, 1.54) is 33.5 Å². The van der Waals surface area contributed by atoms with Gasteiger partial charge in [0.05, 0.1) is 21.3 Å². The zero-order valence-corrected chi connectivity index (χ0v) is 21.8. The molecule has 2 amide bonds. The molecule has 36 heavy (non-hydrogen) atoms. The highest BCUT2D eigenvalue weighted by atomic mass is 19.1. The summed E-state index contributed by atoms with van der Waals surface area (Å²) < 4.78 is 29.7. The van der Waals surface area contributed by atoms with Crippen molar-refractivity contribution < 1.29 is 28.2 Å². The van der Waals surface area contributed by atoms with Crippen LogP contribution in [-0.4, -0.2) is 87.1 Å². The van der Waals surface area contributed by atoms with Crippen LogP contribution >= 0.6 is 0 Å². The molecule has 0 N–H and O–H groups in total. The summed E-state index contributed by atoms with van der Waals surface area (Å²) in [5, 5.41) is 0. The molecule has 1 fully saturated rings. The summed E-state index contributed by atoms with van der Waals surface area (Å²) in [6, 6.07) is 9.42. The summed E-state index contributed by atoms with van der Waals surface area (Å²) in [5.41, 5.74) is 1.23. The van der Waals surface area contributed by atoms with E-state index in [0.29, 0.717) is 55.5 Å². The number of halogens is 1. The summed E-state index contributed by atoms with van der Waals surface area (Å²) in [5.74, 6) is 0.836. The fourth-order valence-electron chi connectivity index (χ4n) is 4.27. The molecule has 1 aliphatic rings. The van der Waals surface area contributed by atoms with Gasteiger partial charge in [0, 0.05) is 57.3 Å². The summed E-state index contributed by atoms with van der Waals surface area (Å²) in [6.45, 7) is 8.12. The van der Waals surface area contributed by atoms with Crippen molar-refractivity contribution in [2.24, 2.45) is 5.92 Å². The molecule has 1 heterocycles. The lowest BCUT2D eigenvalue weighted by atomic mass is 10.1. The summed E-state index contributed by atoms with van der Waals surface area (Å²) in [6.07, 6.45) is 0. The van der Waals surface area contributed by atoms with Crippen LogP contribution in [0.15, 0.2) is 36.4 Å². The molecular formula is C27H36FN3O5. The van der Waals surface area contributed by atoms with E-state index in [1.807, 2.05) is 18.7 Å². The van der Waals surface area contributed by atoms with Crippen LogP contribution in [0.4, 0.5) is 4.39 Å². The molecule has 8 nitrogen and oxygen atoms in total. The molecule has 2 aromatic carbocycles. The number of hydrogen-bond acceptors (Lipinski definition) is 6. The fourth-order valence-corrected chi connectivity index (χ4v) is 4.27. The summed E-state index contributed by atoms with van der Waals surface area (Å²) >= 11 is 0. The summed E-state index contributed by atoms with van der Waals surface area (Å²) in [7, 11) is 4.52. The van der Waals surface area contributed by atoms with Gasteiger partial charge < -0.3 is 24.0 Å². The molecule has 9 heteroatoms. The van der Waals surface area contributed by atoms with Crippen LogP contribution in [0.25, 0.3) is 0 Å². The molecule has 0 aromatic heterocycles. The maximum Gasteiger partial charge on any atom is 0.254 e. The van der Waals surface area contributed by atoms with Crippen LogP contribution in [0.3, 0.4) is 0 Å². The van der Waals surface area contributed by atoms with Crippen LogP contribution in [0.1, 0.15) is 29.8 Å². The maximum atomic E-state index is 13.7. The number of hydrogen-bond donors (Lipinski definition) is 0. The predicted molar refractivity (Wildman–Crippen MR) is 135 cm³/mol. The standard InChI is InChI=1S/C27H36FN3O5/c1-19(2)26(32)30-13-10-29(11-14-30)12-15-31(18-20-6-8-22(28)9-7-20)27(33)21-16-23(34-3)25(36-5)24(17-21)35-4/h6-9,16-17,19H,10-15,18H2,1-5H3. The molecule has 3 rings (SSSR count). The van der Waals surface area contributed by atoms with Crippen LogP contribution in [0.5, 0.6) is 17.2 Å². The van der Waals surface area contributed by atoms with Crippen molar-refractivity contribution in [1.29, 1.82) is 0 Å². The molecule has 0 atom stereocenters. The summed E-state index contributed by atoms with van der Waals surface area (Å²) in [4.78, 5) is 31.9. The SMILES string of the molecule is COc1cc(C(=O)N(CCN2CCN(C(=O)C(C)C)CC2)Cc2ccc(F)cc2)cc(OC)c1OC. The number of methoxy groups -OCH3 is 3. The maximum absolute atomic E-state index is 13.7. The van der Waals surface area contributed by atoms with Gasteiger partial charge in [-0.3, -0.25) is 14.5 Å². The van der Waals surface area contributed by atoms with E-state index >= 15 is 0 Å². The molecule has 0 spiro atoms. The normalized spacial score (nSPS) is 14.0. The Morgan fingerprint density at radius 3 is 2.03 bits per heavy atom. The molecule has 0 radical (unpaired) electrons. The first-order chi connectivity index (χ1) is 17.3. The number of carbonyl (C=O) groups excluding carboxylic acids is 2. The first-order valence-electron chi connectivity index (χ1n) is 12.1. The number of benzene rings is 2. The zero-order valence-electron chi connectivity index (χ0n) is 21.8. The van der Waals surface area contributed by atoms with Crippen molar-refractivity contribution >= 4 is 11.8 Å². The molecule has 196 valence electrons. The Labute approximate surface area is 212 Å². The Morgan fingerprint density at radius 1 is 0.944 bits per heavy atom. The lowest BCUT2D eigenvalue weighted by molar-refractivity contribution is -0.136. The van der Waals surface area contributed by atoms with Gasteiger partial charge >= 0.3 is 0 Å². The minimum Gasteiger partial charge on any atom is -0.493 e. The van der Waals surface area contributed by atoms with E-state index in [2.05, 4.69) is 4.90 Å². The smallest absolute Gasteiger partial charge is 0.254 e. The highest BCUT2D eigenvalue weighted by molar-refractivity contribution is 5.95. The predicted octanol–water partition coefficient (Wildman–Crippen LogP) is 3.29. The zero-order chi connectivity index (χ0) is 26.2. The van der Waals surface area contributed by atoms with Gasteiger partial charge in [0.25, 0.3) is 5.91 Å². The molecule has 1 saturated heterocycles. The number of nitrogens with zero attached hydrogens (tertiary/aromatic N) is 3. The number of piperazine rings is 1. The molecular weight excluding hydrogens is 465 g/mol. The topological polar surface area (TPSA) is 71.6 Å². The first-order valence-corrected chi connectivity index (χ1v) is 12.1. The van der Waals surface area contributed by atoms with Crippen molar-refractivity contribution in [2.45, 2.75) is 20.4 Å². The van der Waals surface area contributed by atoms with Crippen molar-refractivity contribution in [3.05, 3.63) is 53.3 Å². The fraction of sp³-hybridized carbons (Fsp3) is 0.481. The van der Waals surface area contributed by atoms with Gasteiger partial charge in [-0.25, -0.2) is 4.39 Å². The highest BCUT2D eigenvalue weighted by Crippen LogP contribution is 2.38. The van der Waals surface area contributed by atoms with Crippen LogP contribution in [0, 0.1) is 11.7 Å². The number of rotatable bonds is 10. The van der Waals surface area contributed by atoms with Gasteiger partial charge in [-0.1, -0.05) is 26.0 Å². The van der Waals surface area contributed by atoms with E-state index in [-0.39, 0.29) is 23.5 Å². The number of ether oxygens (including phenoxy) is 3. The minimum absolute atomic E-state index is 0.0150. The Kier molecular flexibility index (Phi) is 9.52. The van der Waals surface area contributed by atoms with E-state index in [9.17, 15) is 14.0 Å². The van der Waals surface area contributed by atoms with Crippen LogP contribution in [0.2, 0.25) is 0 Å². The highest BCUT2D eigenvalue weighted by Gasteiger charge is 2.25. The van der Waals surface area contributed by atoms with Gasteiger partial charge in [-0.2, -0.15) is 0 Å². The Balaban J connectivity index is 1.77. The molecule has 2 aromatic rings. The third kappa shape index (κ3) is 6.66. The minimum atomic E-state index is -0.324. The lowest BCUT2D eigenvalue weighted by Crippen LogP contribution is -2.51. The Morgan fingerprint density at radius 2 is 1.53 bits per heavy atom. The van der Waals surface area contributed by atoms with Crippen molar-refractivity contribution in [3.63, 3.8) is 0 Å². The van der Waals surface area contributed by atoms with Gasteiger partial charge in [0.2, 0.25) is 11.7 Å². The molecule has 0 aliphatic carbocycles. The molecule has 0 saturated carbocycles. The average molecular weight is 502 g/mol. The largest absolute Gasteiger partial charge is 0.493 e. The second kappa shape index (κ2) is 12.6. The van der Waals surface area contributed by atoms with Crippen LogP contribution < -0.4 is 14.2 Å². The lowest BCUT2D eigenvalue weighted by Gasteiger charge is -2.36. The third-order valence-corrected chi connectivity index (χ3v) is 6.35.